The van der Waals surface area contributed by atoms with Gasteiger partial charge in [0, 0.05) is 11.3 Å². The van der Waals surface area contributed by atoms with Crippen molar-refractivity contribution < 1.29 is 13.9 Å². The highest BCUT2D eigenvalue weighted by atomic mass is 16.5. The van der Waals surface area contributed by atoms with Gasteiger partial charge >= 0.3 is 5.97 Å². The van der Waals surface area contributed by atoms with Crippen molar-refractivity contribution in [1.82, 2.24) is 15.3 Å². The molecule has 6 nitrogen and oxygen atoms in total. The number of para-hydroxylation sites is 1. The summed E-state index contributed by atoms with van der Waals surface area (Å²) in [4.78, 5) is 22.1. The van der Waals surface area contributed by atoms with Gasteiger partial charge in [-0.15, -0.1) is 0 Å². The van der Waals surface area contributed by atoms with Gasteiger partial charge < -0.3 is 14.5 Å². The van der Waals surface area contributed by atoms with Gasteiger partial charge in [-0.2, -0.15) is 4.98 Å². The van der Waals surface area contributed by atoms with Crippen LogP contribution < -0.4 is 10.1 Å². The molecule has 0 spiro atoms. The highest BCUT2D eigenvalue weighted by Crippen LogP contribution is 2.37. The lowest BCUT2D eigenvalue weighted by molar-refractivity contribution is -0.136. The van der Waals surface area contributed by atoms with Gasteiger partial charge in [0.2, 0.25) is 5.58 Å². The molecule has 2 fully saturated rings. The van der Waals surface area contributed by atoms with E-state index in [1.165, 1.54) is 19.3 Å². The van der Waals surface area contributed by atoms with Crippen LogP contribution in [0.25, 0.3) is 22.1 Å². The number of esters is 1. The fraction of sp³-hybridized carbons (Fsp3) is 0.476. The van der Waals surface area contributed by atoms with Crippen LogP contribution in [0.15, 0.2) is 28.7 Å². The summed E-state index contributed by atoms with van der Waals surface area (Å²) in [5.74, 6) is 1.06. The minimum atomic E-state index is -0.289. The van der Waals surface area contributed by atoms with Gasteiger partial charge in [0.15, 0.2) is 0 Å². The predicted octanol–water partition coefficient (Wildman–Crippen LogP) is 4.08. The topological polar surface area (TPSA) is 77.2 Å². The largest absolute Gasteiger partial charge is 0.449 e. The molecule has 0 bridgehead atoms. The first-order chi connectivity index (χ1) is 13.3. The van der Waals surface area contributed by atoms with E-state index in [0.29, 0.717) is 11.5 Å². The van der Waals surface area contributed by atoms with Crippen molar-refractivity contribution in [1.29, 1.82) is 0 Å². The second-order valence-electron chi connectivity index (χ2n) is 7.57. The Morgan fingerprint density at radius 1 is 1.07 bits per heavy atom. The summed E-state index contributed by atoms with van der Waals surface area (Å²) in [7, 11) is 0. The summed E-state index contributed by atoms with van der Waals surface area (Å²) in [5.41, 5.74) is 1.93. The number of carbonyl (C=O) groups excluding carboxylic acids is 1. The summed E-state index contributed by atoms with van der Waals surface area (Å²) in [5, 5.41) is 4.11. The van der Waals surface area contributed by atoms with Crippen molar-refractivity contribution in [3.63, 3.8) is 0 Å². The maximum Gasteiger partial charge on any atom is 0.329 e. The lowest BCUT2D eigenvalue weighted by Crippen LogP contribution is -2.34. The zero-order valence-electron chi connectivity index (χ0n) is 15.2. The molecule has 1 aliphatic carbocycles. The van der Waals surface area contributed by atoms with E-state index in [4.69, 9.17) is 14.1 Å². The van der Waals surface area contributed by atoms with Crippen LogP contribution in [0, 0.1) is 0 Å². The smallest absolute Gasteiger partial charge is 0.329 e. The number of hydrogen-bond acceptors (Lipinski definition) is 6. The number of fused-ring (bicyclic) bond motifs is 3. The molecule has 140 valence electrons. The zero-order valence-corrected chi connectivity index (χ0v) is 15.2. The molecule has 1 aromatic carbocycles. The van der Waals surface area contributed by atoms with Crippen molar-refractivity contribution in [3.8, 4) is 5.88 Å². The predicted molar refractivity (Wildman–Crippen MR) is 102 cm³/mol. The number of furan rings is 1. The maximum absolute atomic E-state index is 12.6. The molecule has 3 aromatic rings. The van der Waals surface area contributed by atoms with Crippen molar-refractivity contribution in [2.24, 2.45) is 0 Å². The Bertz CT molecular complexity index is 985. The van der Waals surface area contributed by atoms with Crippen LogP contribution in [0.5, 0.6) is 5.88 Å². The van der Waals surface area contributed by atoms with Crippen molar-refractivity contribution in [3.05, 3.63) is 30.1 Å². The Balaban J connectivity index is 1.61. The molecule has 1 saturated carbocycles. The molecule has 5 rings (SSSR count). The Hall–Kier alpha value is -2.47. The highest BCUT2D eigenvalue weighted by Gasteiger charge is 2.28. The SMILES string of the molecule is O=C(Oc1nc(C2CCCCC2)nc2c1oc1ccccc12)[C@@H]1CCCN1. The normalized spacial score (nSPS) is 21.1. The first kappa shape index (κ1) is 16.7. The van der Waals surface area contributed by atoms with Crippen LogP contribution >= 0.6 is 0 Å². The lowest BCUT2D eigenvalue weighted by atomic mass is 9.88. The lowest BCUT2D eigenvalue weighted by Gasteiger charge is -2.20. The molecule has 27 heavy (non-hydrogen) atoms. The molecule has 1 aliphatic heterocycles. The van der Waals surface area contributed by atoms with E-state index in [9.17, 15) is 4.79 Å². The van der Waals surface area contributed by atoms with Crippen LogP contribution in [-0.4, -0.2) is 28.5 Å². The van der Waals surface area contributed by atoms with Gasteiger partial charge in [0.1, 0.15) is 23.0 Å². The summed E-state index contributed by atoms with van der Waals surface area (Å²) >= 11 is 0. The van der Waals surface area contributed by atoms with E-state index >= 15 is 0 Å². The van der Waals surface area contributed by atoms with Crippen LogP contribution in [-0.2, 0) is 4.79 Å². The molecule has 2 aromatic heterocycles. The van der Waals surface area contributed by atoms with Gasteiger partial charge in [-0.25, -0.2) is 9.78 Å². The molecule has 2 aliphatic rings. The molecule has 1 saturated heterocycles. The summed E-state index contributed by atoms with van der Waals surface area (Å²) in [6.45, 7) is 0.844. The Labute approximate surface area is 157 Å². The molecule has 3 heterocycles. The Kier molecular flexibility index (Phi) is 4.28. The van der Waals surface area contributed by atoms with Gasteiger partial charge in [0.05, 0.1) is 0 Å². The fourth-order valence-electron chi connectivity index (χ4n) is 4.25. The van der Waals surface area contributed by atoms with Gasteiger partial charge in [-0.3, -0.25) is 0 Å². The second kappa shape index (κ2) is 6.93. The average Bonchev–Trinajstić information content (AvgIpc) is 3.37. The van der Waals surface area contributed by atoms with Gasteiger partial charge in [-0.05, 0) is 44.4 Å². The first-order valence-corrected chi connectivity index (χ1v) is 9.94. The quantitative estimate of drug-likeness (QED) is 0.705. The summed E-state index contributed by atoms with van der Waals surface area (Å²) in [6.07, 6.45) is 7.60. The molecule has 0 unspecified atom stereocenters. The van der Waals surface area contributed by atoms with E-state index in [1.807, 2.05) is 24.3 Å². The third-order valence-electron chi connectivity index (χ3n) is 5.72. The Morgan fingerprint density at radius 2 is 1.93 bits per heavy atom. The number of aromatic nitrogens is 2. The van der Waals surface area contributed by atoms with E-state index in [0.717, 1.165) is 54.5 Å². The van der Waals surface area contributed by atoms with Crippen molar-refractivity contribution >= 4 is 28.0 Å². The number of benzene rings is 1. The number of ether oxygens (including phenoxy) is 1. The minimum absolute atomic E-state index is 0.260. The number of nitrogens with zero attached hydrogens (tertiary/aromatic N) is 2. The average molecular weight is 365 g/mol. The van der Waals surface area contributed by atoms with Crippen LogP contribution in [0.3, 0.4) is 0 Å². The highest BCUT2D eigenvalue weighted by molar-refractivity contribution is 6.04. The van der Waals surface area contributed by atoms with Gasteiger partial charge in [0.25, 0.3) is 5.88 Å². The molecule has 0 amide bonds. The van der Waals surface area contributed by atoms with E-state index in [-0.39, 0.29) is 17.9 Å². The van der Waals surface area contributed by atoms with Gasteiger partial charge in [-0.1, -0.05) is 31.4 Å². The van der Waals surface area contributed by atoms with E-state index < -0.39 is 0 Å². The molecule has 6 heteroatoms. The van der Waals surface area contributed by atoms with Crippen LogP contribution in [0.1, 0.15) is 56.7 Å². The zero-order chi connectivity index (χ0) is 18.2. The molecule has 1 N–H and O–H groups in total. The second-order valence-corrected chi connectivity index (χ2v) is 7.57. The van der Waals surface area contributed by atoms with Crippen LogP contribution in [0.2, 0.25) is 0 Å². The van der Waals surface area contributed by atoms with Crippen molar-refractivity contribution in [2.75, 3.05) is 6.54 Å². The number of carbonyl (C=O) groups is 1. The molecule has 0 radical (unpaired) electrons. The van der Waals surface area contributed by atoms with E-state index in [2.05, 4.69) is 10.3 Å². The third-order valence-corrected chi connectivity index (χ3v) is 5.72. The molecular weight excluding hydrogens is 342 g/mol. The number of nitrogens with one attached hydrogen (secondary N) is 1. The maximum atomic E-state index is 12.6. The standard InChI is InChI=1S/C21H23N3O3/c25-21(15-10-6-12-22-15)27-20-18-17(14-9-4-5-11-16(14)26-18)23-19(24-20)13-7-2-1-3-8-13/h4-5,9,11,13,15,22H,1-3,6-8,10,12H2/t15-/m0/s1. The number of hydrogen-bond donors (Lipinski definition) is 1. The summed E-state index contributed by atoms with van der Waals surface area (Å²) < 4.78 is 11.7. The van der Waals surface area contributed by atoms with E-state index in [1.54, 1.807) is 0 Å². The molecule has 1 atom stereocenters. The number of rotatable bonds is 3. The molecular formula is C21H23N3O3. The Morgan fingerprint density at radius 3 is 2.74 bits per heavy atom. The monoisotopic (exact) mass is 365 g/mol. The van der Waals surface area contributed by atoms with Crippen LogP contribution in [0.4, 0.5) is 0 Å². The summed E-state index contributed by atoms with van der Waals surface area (Å²) in [6, 6.07) is 7.52. The fourth-order valence-corrected chi connectivity index (χ4v) is 4.25. The third kappa shape index (κ3) is 3.08. The minimum Gasteiger partial charge on any atom is -0.449 e. The first-order valence-electron chi connectivity index (χ1n) is 9.94. The van der Waals surface area contributed by atoms with Crippen molar-refractivity contribution in [2.45, 2.75) is 56.9 Å².